The van der Waals surface area contributed by atoms with E-state index in [9.17, 15) is 22.0 Å². The lowest BCUT2D eigenvalue weighted by Gasteiger charge is -2.33. The van der Waals surface area contributed by atoms with Crippen molar-refractivity contribution in [3.8, 4) is 0 Å². The Kier molecular flexibility index (Phi) is 5.33. The van der Waals surface area contributed by atoms with Gasteiger partial charge in [0.2, 0.25) is 10.0 Å². The van der Waals surface area contributed by atoms with Gasteiger partial charge >= 0.3 is 0 Å². The molecule has 1 unspecified atom stereocenters. The molecule has 1 atom stereocenters. The molecule has 1 aliphatic rings. The Hall–Kier alpha value is -2.32. The summed E-state index contributed by atoms with van der Waals surface area (Å²) in [4.78, 5) is 14.0. The largest absolute Gasteiger partial charge is 0.337 e. The van der Waals surface area contributed by atoms with E-state index in [1.165, 1.54) is 17.0 Å². The molecule has 0 bridgehead atoms. The normalized spacial score (nSPS) is 17.9. The van der Waals surface area contributed by atoms with E-state index in [4.69, 9.17) is 0 Å². The van der Waals surface area contributed by atoms with Crippen LogP contribution in [-0.4, -0.2) is 38.4 Å². The minimum absolute atomic E-state index is 0.0981. The monoisotopic (exact) mass is 380 g/mol. The van der Waals surface area contributed by atoms with E-state index in [1.54, 1.807) is 18.2 Å². The lowest BCUT2D eigenvalue weighted by atomic mass is 10.1. The standard InChI is InChI=1S/C18H18F2N2O3S/c19-13-8-9-17(20)16(11-13)18(23)22-10-4-5-14(12-22)21-26(24,25)15-6-2-1-3-7-15/h1-3,6-9,11,14,21H,4-5,10,12H2. The number of likely N-dealkylation sites (tertiary alicyclic amines) is 1. The van der Waals surface area contributed by atoms with Gasteiger partial charge in [0, 0.05) is 19.1 Å². The maximum Gasteiger partial charge on any atom is 0.256 e. The molecule has 1 amide bonds. The number of rotatable bonds is 4. The first-order valence-electron chi connectivity index (χ1n) is 8.18. The van der Waals surface area contributed by atoms with Gasteiger partial charge in [0.1, 0.15) is 11.6 Å². The van der Waals surface area contributed by atoms with Crippen LogP contribution in [0.5, 0.6) is 0 Å². The third kappa shape index (κ3) is 4.08. The van der Waals surface area contributed by atoms with Crippen LogP contribution in [0.15, 0.2) is 53.4 Å². The zero-order chi connectivity index (χ0) is 18.7. The predicted octanol–water partition coefficient (Wildman–Crippen LogP) is 2.55. The summed E-state index contributed by atoms with van der Waals surface area (Å²) in [7, 11) is -3.71. The maximum atomic E-state index is 13.8. The van der Waals surface area contributed by atoms with Crippen LogP contribution < -0.4 is 4.72 Å². The van der Waals surface area contributed by atoms with Gasteiger partial charge in [-0.25, -0.2) is 21.9 Å². The number of benzene rings is 2. The first-order chi connectivity index (χ1) is 12.4. The van der Waals surface area contributed by atoms with Gasteiger partial charge in [0.05, 0.1) is 10.5 Å². The second kappa shape index (κ2) is 7.51. The number of nitrogens with one attached hydrogen (secondary N) is 1. The Balaban J connectivity index is 1.73. The molecule has 0 saturated carbocycles. The zero-order valence-corrected chi connectivity index (χ0v) is 14.7. The number of carbonyl (C=O) groups is 1. The quantitative estimate of drug-likeness (QED) is 0.887. The summed E-state index contributed by atoms with van der Waals surface area (Å²) in [6.07, 6.45) is 1.12. The minimum atomic E-state index is -3.71. The molecule has 1 heterocycles. The number of sulfonamides is 1. The molecule has 0 spiro atoms. The van der Waals surface area contributed by atoms with Gasteiger partial charge in [-0.3, -0.25) is 4.79 Å². The summed E-state index contributed by atoms with van der Waals surface area (Å²) >= 11 is 0. The second-order valence-electron chi connectivity index (χ2n) is 6.15. The van der Waals surface area contributed by atoms with Crippen molar-refractivity contribution in [2.75, 3.05) is 13.1 Å². The van der Waals surface area contributed by atoms with E-state index in [0.717, 1.165) is 18.2 Å². The summed E-state index contributed by atoms with van der Waals surface area (Å²) in [6.45, 7) is 0.458. The first-order valence-corrected chi connectivity index (χ1v) is 9.67. The SMILES string of the molecule is O=C(c1cc(F)ccc1F)N1CCCC(NS(=O)(=O)c2ccccc2)C1. The van der Waals surface area contributed by atoms with Crippen LogP contribution in [0.4, 0.5) is 8.78 Å². The van der Waals surface area contributed by atoms with Crippen LogP contribution in [0, 0.1) is 11.6 Å². The summed E-state index contributed by atoms with van der Waals surface area (Å²) in [5, 5.41) is 0. The van der Waals surface area contributed by atoms with Gasteiger partial charge in [-0.2, -0.15) is 0 Å². The topological polar surface area (TPSA) is 66.5 Å². The van der Waals surface area contributed by atoms with Crippen molar-refractivity contribution in [3.63, 3.8) is 0 Å². The highest BCUT2D eigenvalue weighted by atomic mass is 32.2. The van der Waals surface area contributed by atoms with E-state index in [2.05, 4.69) is 4.72 Å². The molecule has 1 aliphatic heterocycles. The lowest BCUT2D eigenvalue weighted by molar-refractivity contribution is 0.0697. The average Bonchev–Trinajstić information content (AvgIpc) is 2.64. The Labute approximate surface area is 150 Å². The molecule has 8 heteroatoms. The number of amides is 1. The third-order valence-electron chi connectivity index (χ3n) is 4.24. The van der Waals surface area contributed by atoms with Gasteiger partial charge in [-0.15, -0.1) is 0 Å². The van der Waals surface area contributed by atoms with E-state index in [-0.39, 0.29) is 17.0 Å². The van der Waals surface area contributed by atoms with E-state index in [1.807, 2.05) is 0 Å². The molecule has 138 valence electrons. The van der Waals surface area contributed by atoms with Crippen LogP contribution in [0.3, 0.4) is 0 Å². The molecule has 1 N–H and O–H groups in total. The number of hydrogen-bond donors (Lipinski definition) is 1. The van der Waals surface area contributed by atoms with Gasteiger partial charge in [0.25, 0.3) is 5.91 Å². The molecule has 1 saturated heterocycles. The predicted molar refractivity (Wildman–Crippen MR) is 92.0 cm³/mol. The fraction of sp³-hybridized carbons (Fsp3) is 0.278. The van der Waals surface area contributed by atoms with Crippen molar-refractivity contribution in [1.29, 1.82) is 0 Å². The van der Waals surface area contributed by atoms with E-state index >= 15 is 0 Å². The van der Waals surface area contributed by atoms with Gasteiger partial charge in [0.15, 0.2) is 0 Å². The molecule has 3 rings (SSSR count). The van der Waals surface area contributed by atoms with E-state index < -0.39 is 33.6 Å². The molecule has 1 fully saturated rings. The van der Waals surface area contributed by atoms with Crippen LogP contribution >= 0.6 is 0 Å². The second-order valence-corrected chi connectivity index (χ2v) is 7.86. The molecule has 2 aromatic rings. The summed E-state index contributed by atoms with van der Waals surface area (Å²) < 4.78 is 54.6. The first kappa shape index (κ1) is 18.5. The molecule has 0 aromatic heterocycles. The van der Waals surface area contributed by atoms with Crippen molar-refractivity contribution in [2.24, 2.45) is 0 Å². The van der Waals surface area contributed by atoms with Crippen molar-refractivity contribution in [2.45, 2.75) is 23.8 Å². The van der Waals surface area contributed by atoms with Crippen LogP contribution in [-0.2, 0) is 10.0 Å². The molecule has 5 nitrogen and oxygen atoms in total. The van der Waals surface area contributed by atoms with Gasteiger partial charge in [-0.05, 0) is 43.2 Å². The number of carbonyl (C=O) groups excluding carboxylic acids is 1. The molecular formula is C18H18F2N2O3S. The van der Waals surface area contributed by atoms with Crippen LogP contribution in [0.25, 0.3) is 0 Å². The Morgan fingerprint density at radius 3 is 2.58 bits per heavy atom. The number of hydrogen-bond acceptors (Lipinski definition) is 3. The fourth-order valence-electron chi connectivity index (χ4n) is 2.98. The molecular weight excluding hydrogens is 362 g/mol. The van der Waals surface area contributed by atoms with E-state index in [0.29, 0.717) is 19.4 Å². The third-order valence-corrected chi connectivity index (χ3v) is 5.78. The van der Waals surface area contributed by atoms with Crippen molar-refractivity contribution in [1.82, 2.24) is 9.62 Å². The number of nitrogens with zero attached hydrogens (tertiary/aromatic N) is 1. The maximum absolute atomic E-state index is 13.8. The summed E-state index contributed by atoms with van der Waals surface area (Å²) in [6, 6.07) is 10.1. The van der Waals surface area contributed by atoms with Crippen molar-refractivity contribution >= 4 is 15.9 Å². The highest BCUT2D eigenvalue weighted by Gasteiger charge is 2.29. The summed E-state index contributed by atoms with van der Waals surface area (Å²) in [5.74, 6) is -2.15. The summed E-state index contributed by atoms with van der Waals surface area (Å²) in [5.41, 5.74) is -0.350. The highest BCUT2D eigenvalue weighted by Crippen LogP contribution is 2.18. The molecule has 0 aliphatic carbocycles. The van der Waals surface area contributed by atoms with Crippen LogP contribution in [0.1, 0.15) is 23.2 Å². The molecule has 0 radical (unpaired) electrons. The van der Waals surface area contributed by atoms with Crippen molar-refractivity contribution in [3.05, 3.63) is 65.7 Å². The minimum Gasteiger partial charge on any atom is -0.337 e. The molecule has 2 aromatic carbocycles. The Morgan fingerprint density at radius 1 is 1.12 bits per heavy atom. The number of piperidine rings is 1. The van der Waals surface area contributed by atoms with Crippen molar-refractivity contribution < 1.29 is 22.0 Å². The smallest absolute Gasteiger partial charge is 0.256 e. The van der Waals surface area contributed by atoms with Gasteiger partial charge in [-0.1, -0.05) is 18.2 Å². The Bertz CT molecular complexity index is 904. The lowest BCUT2D eigenvalue weighted by Crippen LogP contribution is -2.49. The van der Waals surface area contributed by atoms with Crippen LogP contribution in [0.2, 0.25) is 0 Å². The Morgan fingerprint density at radius 2 is 1.85 bits per heavy atom. The average molecular weight is 380 g/mol. The fourth-order valence-corrected chi connectivity index (χ4v) is 4.26. The number of halogens is 2. The highest BCUT2D eigenvalue weighted by molar-refractivity contribution is 7.89. The zero-order valence-electron chi connectivity index (χ0n) is 13.9. The van der Waals surface area contributed by atoms with Gasteiger partial charge < -0.3 is 4.90 Å². The molecule has 26 heavy (non-hydrogen) atoms.